The van der Waals surface area contributed by atoms with Gasteiger partial charge in [0, 0.05) is 43.0 Å². The third kappa shape index (κ3) is 3.45. The van der Waals surface area contributed by atoms with Crippen molar-refractivity contribution in [2.24, 2.45) is 0 Å². The standard InChI is InChI=1S/C17H19ClN4O/c1-12-11-19-13(2)16(20-12)21-7-9-22(10-8-21)17(23)14-3-5-15(18)6-4-14/h3-6,11H,7-10H2,1-2H3. The molecule has 5 nitrogen and oxygen atoms in total. The van der Waals surface area contributed by atoms with Crippen molar-refractivity contribution in [3.8, 4) is 0 Å². The Balaban J connectivity index is 1.67. The highest BCUT2D eigenvalue weighted by atomic mass is 35.5. The first kappa shape index (κ1) is 15.7. The molecule has 0 N–H and O–H groups in total. The van der Waals surface area contributed by atoms with E-state index in [2.05, 4.69) is 14.9 Å². The number of benzene rings is 1. The number of carbonyl (C=O) groups excluding carboxylic acids is 1. The fourth-order valence-electron chi connectivity index (χ4n) is 2.72. The second-order valence-electron chi connectivity index (χ2n) is 5.71. The van der Waals surface area contributed by atoms with E-state index in [1.165, 1.54) is 0 Å². The molecular weight excluding hydrogens is 312 g/mol. The number of hydrogen-bond acceptors (Lipinski definition) is 4. The van der Waals surface area contributed by atoms with E-state index >= 15 is 0 Å². The number of hydrogen-bond donors (Lipinski definition) is 0. The first-order valence-electron chi connectivity index (χ1n) is 7.64. The monoisotopic (exact) mass is 330 g/mol. The number of carbonyl (C=O) groups is 1. The van der Waals surface area contributed by atoms with Gasteiger partial charge in [0.15, 0.2) is 0 Å². The fourth-order valence-corrected chi connectivity index (χ4v) is 2.85. The lowest BCUT2D eigenvalue weighted by atomic mass is 10.2. The normalized spacial score (nSPS) is 14.9. The topological polar surface area (TPSA) is 49.3 Å². The van der Waals surface area contributed by atoms with Crippen LogP contribution in [0, 0.1) is 13.8 Å². The first-order chi connectivity index (χ1) is 11.0. The molecule has 120 valence electrons. The summed E-state index contributed by atoms with van der Waals surface area (Å²) >= 11 is 5.87. The van der Waals surface area contributed by atoms with Gasteiger partial charge in [-0.15, -0.1) is 0 Å². The predicted octanol–water partition coefficient (Wildman–Crippen LogP) is 2.71. The Hall–Kier alpha value is -2.14. The van der Waals surface area contributed by atoms with Crippen LogP contribution in [-0.2, 0) is 0 Å². The Morgan fingerprint density at radius 2 is 1.74 bits per heavy atom. The smallest absolute Gasteiger partial charge is 0.253 e. The zero-order valence-corrected chi connectivity index (χ0v) is 14.0. The number of amides is 1. The van der Waals surface area contributed by atoms with E-state index in [-0.39, 0.29) is 5.91 Å². The van der Waals surface area contributed by atoms with Crippen molar-refractivity contribution in [3.63, 3.8) is 0 Å². The molecule has 0 spiro atoms. The van der Waals surface area contributed by atoms with Crippen LogP contribution in [0.1, 0.15) is 21.7 Å². The third-order valence-electron chi connectivity index (χ3n) is 4.01. The molecule has 0 aliphatic carbocycles. The molecule has 1 aromatic carbocycles. The summed E-state index contributed by atoms with van der Waals surface area (Å²) in [6.45, 7) is 6.78. The van der Waals surface area contributed by atoms with E-state index in [4.69, 9.17) is 11.6 Å². The molecule has 6 heteroatoms. The van der Waals surface area contributed by atoms with Crippen molar-refractivity contribution >= 4 is 23.3 Å². The van der Waals surface area contributed by atoms with Crippen LogP contribution in [0.2, 0.25) is 5.02 Å². The minimum absolute atomic E-state index is 0.0494. The first-order valence-corrected chi connectivity index (χ1v) is 8.02. The SMILES string of the molecule is Cc1cnc(C)c(N2CCN(C(=O)c3ccc(Cl)cc3)CC2)n1. The number of anilines is 1. The van der Waals surface area contributed by atoms with Crippen molar-refractivity contribution < 1.29 is 4.79 Å². The molecule has 23 heavy (non-hydrogen) atoms. The lowest BCUT2D eigenvalue weighted by Crippen LogP contribution is -2.49. The van der Waals surface area contributed by atoms with Crippen molar-refractivity contribution in [2.75, 3.05) is 31.1 Å². The molecule has 3 rings (SSSR count). The molecule has 0 bridgehead atoms. The van der Waals surface area contributed by atoms with Gasteiger partial charge in [0.25, 0.3) is 5.91 Å². The fraction of sp³-hybridized carbons (Fsp3) is 0.353. The summed E-state index contributed by atoms with van der Waals surface area (Å²) in [5.74, 6) is 0.969. The molecule has 1 aliphatic rings. The maximum Gasteiger partial charge on any atom is 0.253 e. The minimum Gasteiger partial charge on any atom is -0.352 e. The molecule has 1 aromatic heterocycles. The average Bonchev–Trinajstić information content (AvgIpc) is 2.57. The highest BCUT2D eigenvalue weighted by molar-refractivity contribution is 6.30. The van der Waals surface area contributed by atoms with Crippen LogP contribution in [-0.4, -0.2) is 47.0 Å². The van der Waals surface area contributed by atoms with Gasteiger partial charge in [0.1, 0.15) is 5.82 Å². The molecule has 1 fully saturated rings. The minimum atomic E-state index is 0.0494. The van der Waals surface area contributed by atoms with Crippen LogP contribution in [0.4, 0.5) is 5.82 Å². The molecule has 0 saturated carbocycles. The summed E-state index contributed by atoms with van der Waals surface area (Å²) in [4.78, 5) is 25.5. The van der Waals surface area contributed by atoms with E-state index in [1.807, 2.05) is 18.7 Å². The maximum atomic E-state index is 12.5. The van der Waals surface area contributed by atoms with E-state index in [1.54, 1.807) is 30.5 Å². The summed E-state index contributed by atoms with van der Waals surface area (Å²) < 4.78 is 0. The number of rotatable bonds is 2. The van der Waals surface area contributed by atoms with Gasteiger partial charge in [-0.1, -0.05) is 11.6 Å². The molecular formula is C17H19ClN4O. The summed E-state index contributed by atoms with van der Waals surface area (Å²) in [5.41, 5.74) is 2.51. The van der Waals surface area contributed by atoms with Crippen LogP contribution in [0.25, 0.3) is 0 Å². The zero-order chi connectivity index (χ0) is 16.4. The highest BCUT2D eigenvalue weighted by Gasteiger charge is 2.23. The maximum absolute atomic E-state index is 12.5. The van der Waals surface area contributed by atoms with Crippen molar-refractivity contribution in [2.45, 2.75) is 13.8 Å². The van der Waals surface area contributed by atoms with Gasteiger partial charge < -0.3 is 9.80 Å². The molecule has 0 atom stereocenters. The van der Waals surface area contributed by atoms with Gasteiger partial charge in [0.05, 0.1) is 11.4 Å². The summed E-state index contributed by atoms with van der Waals surface area (Å²) in [6.07, 6.45) is 1.78. The average molecular weight is 331 g/mol. The van der Waals surface area contributed by atoms with E-state index < -0.39 is 0 Å². The van der Waals surface area contributed by atoms with Crippen molar-refractivity contribution in [1.82, 2.24) is 14.9 Å². The Labute approximate surface area is 140 Å². The molecule has 2 aromatic rings. The van der Waals surface area contributed by atoms with Gasteiger partial charge in [-0.25, -0.2) is 4.98 Å². The largest absolute Gasteiger partial charge is 0.352 e. The van der Waals surface area contributed by atoms with Crippen molar-refractivity contribution in [1.29, 1.82) is 0 Å². The number of aryl methyl sites for hydroxylation is 2. The van der Waals surface area contributed by atoms with Crippen LogP contribution >= 0.6 is 11.6 Å². The summed E-state index contributed by atoms with van der Waals surface area (Å²) in [5, 5.41) is 0.639. The number of nitrogens with zero attached hydrogens (tertiary/aromatic N) is 4. The zero-order valence-electron chi connectivity index (χ0n) is 13.3. The van der Waals surface area contributed by atoms with Crippen LogP contribution in [0.3, 0.4) is 0 Å². The Morgan fingerprint density at radius 3 is 2.39 bits per heavy atom. The van der Waals surface area contributed by atoms with Gasteiger partial charge in [-0.3, -0.25) is 9.78 Å². The lowest BCUT2D eigenvalue weighted by Gasteiger charge is -2.36. The molecule has 2 heterocycles. The highest BCUT2D eigenvalue weighted by Crippen LogP contribution is 2.19. The molecule has 0 radical (unpaired) electrons. The second kappa shape index (κ2) is 6.54. The van der Waals surface area contributed by atoms with E-state index in [9.17, 15) is 4.79 Å². The number of aromatic nitrogens is 2. The molecule has 1 saturated heterocycles. The van der Waals surface area contributed by atoms with E-state index in [0.29, 0.717) is 23.7 Å². The lowest BCUT2D eigenvalue weighted by molar-refractivity contribution is 0.0746. The van der Waals surface area contributed by atoms with Gasteiger partial charge in [-0.2, -0.15) is 0 Å². The van der Waals surface area contributed by atoms with E-state index in [0.717, 1.165) is 30.3 Å². The Kier molecular flexibility index (Phi) is 4.48. The second-order valence-corrected chi connectivity index (χ2v) is 6.14. The summed E-state index contributed by atoms with van der Waals surface area (Å²) in [7, 11) is 0. The number of piperazine rings is 1. The van der Waals surface area contributed by atoms with Crippen molar-refractivity contribution in [3.05, 3.63) is 52.4 Å². The third-order valence-corrected chi connectivity index (χ3v) is 4.26. The van der Waals surface area contributed by atoms with Gasteiger partial charge >= 0.3 is 0 Å². The van der Waals surface area contributed by atoms with Gasteiger partial charge in [-0.05, 0) is 38.1 Å². The molecule has 1 aliphatic heterocycles. The number of halogens is 1. The Morgan fingerprint density at radius 1 is 1.09 bits per heavy atom. The van der Waals surface area contributed by atoms with Crippen LogP contribution in [0.5, 0.6) is 0 Å². The molecule has 1 amide bonds. The van der Waals surface area contributed by atoms with Crippen LogP contribution < -0.4 is 4.90 Å². The summed E-state index contributed by atoms with van der Waals surface area (Å²) in [6, 6.07) is 7.04. The quantitative estimate of drug-likeness (QED) is 0.849. The molecule has 0 unspecified atom stereocenters. The van der Waals surface area contributed by atoms with Gasteiger partial charge in [0.2, 0.25) is 0 Å². The van der Waals surface area contributed by atoms with Crippen LogP contribution in [0.15, 0.2) is 30.5 Å². The predicted molar refractivity (Wildman–Crippen MR) is 91.1 cm³/mol. The Bertz CT molecular complexity index is 709.